The third-order valence-electron chi connectivity index (χ3n) is 1.34. The summed E-state index contributed by atoms with van der Waals surface area (Å²) in [6, 6.07) is 0. The van der Waals surface area contributed by atoms with Gasteiger partial charge in [-0.3, -0.25) is 0 Å². The van der Waals surface area contributed by atoms with E-state index >= 15 is 0 Å². The quantitative estimate of drug-likeness (QED) is 0.479. The van der Waals surface area contributed by atoms with E-state index in [9.17, 15) is 0 Å². The molecule has 0 aliphatic carbocycles. The summed E-state index contributed by atoms with van der Waals surface area (Å²) < 4.78 is 5.34. The van der Waals surface area contributed by atoms with Crippen LogP contribution in [0.15, 0.2) is 0 Å². The van der Waals surface area contributed by atoms with Crippen molar-refractivity contribution in [3.8, 4) is 0 Å². The highest BCUT2D eigenvalue weighted by Gasteiger charge is 2.16. The molecule has 0 radical (unpaired) electrons. The molecule has 0 spiro atoms. The fourth-order valence-corrected chi connectivity index (χ4v) is 1.40. The zero-order valence-electron chi connectivity index (χ0n) is 6.64. The smallest absolute Gasteiger partial charge is 0.146 e. The highest BCUT2D eigenvalue weighted by molar-refractivity contribution is 7.80. The van der Waals surface area contributed by atoms with Crippen molar-refractivity contribution in [1.29, 1.82) is 0 Å². The van der Waals surface area contributed by atoms with Gasteiger partial charge in [0.25, 0.3) is 0 Å². The van der Waals surface area contributed by atoms with Crippen molar-refractivity contribution in [2.75, 3.05) is 0 Å². The lowest BCUT2D eigenvalue weighted by molar-refractivity contribution is 0.114. The topological polar surface area (TPSA) is 9.23 Å². The van der Waals surface area contributed by atoms with Gasteiger partial charge in [-0.05, 0) is 20.3 Å². The Morgan fingerprint density at radius 3 is 2.22 bits per heavy atom. The first-order valence-electron chi connectivity index (χ1n) is 3.21. The van der Waals surface area contributed by atoms with E-state index in [1.807, 2.05) is 0 Å². The summed E-state index contributed by atoms with van der Waals surface area (Å²) in [6.07, 6.45) is 1.03. The van der Waals surface area contributed by atoms with Crippen LogP contribution in [-0.2, 0) is 4.43 Å². The average Bonchev–Trinajstić information content (AvgIpc) is 1.63. The number of thiol groups is 1. The highest BCUT2D eigenvalue weighted by Crippen LogP contribution is 2.17. The predicted octanol–water partition coefficient (Wildman–Crippen LogP) is 0.770. The summed E-state index contributed by atoms with van der Waals surface area (Å²) >= 11 is 4.28. The molecule has 0 aromatic carbocycles. The van der Waals surface area contributed by atoms with Crippen molar-refractivity contribution in [3.63, 3.8) is 0 Å². The van der Waals surface area contributed by atoms with Crippen LogP contribution in [0.1, 0.15) is 27.2 Å². The van der Waals surface area contributed by atoms with Crippen molar-refractivity contribution in [2.45, 2.75) is 38.0 Å². The Kier molecular flexibility index (Phi) is 3.85. The molecule has 0 amide bonds. The lowest BCUT2D eigenvalue weighted by Crippen LogP contribution is -2.26. The van der Waals surface area contributed by atoms with Crippen molar-refractivity contribution in [1.82, 2.24) is 0 Å². The molecule has 56 valence electrons. The molecule has 0 fully saturated rings. The maximum absolute atomic E-state index is 5.34. The van der Waals surface area contributed by atoms with E-state index in [-0.39, 0.29) is 5.60 Å². The molecule has 0 aromatic heterocycles. The van der Waals surface area contributed by atoms with Crippen LogP contribution in [0.4, 0.5) is 0 Å². The summed E-state index contributed by atoms with van der Waals surface area (Å²) in [4.78, 5) is 0. The normalized spacial score (nSPS) is 16.0. The van der Waals surface area contributed by atoms with Gasteiger partial charge in [-0.25, -0.2) is 0 Å². The van der Waals surface area contributed by atoms with Gasteiger partial charge in [0, 0.05) is 5.25 Å². The minimum atomic E-state index is 0.0490. The molecule has 0 aliphatic heterocycles. The van der Waals surface area contributed by atoms with E-state index < -0.39 is 0 Å². The Bertz CT molecular complexity index is 83.1. The molecule has 3 heteroatoms. The number of rotatable bonds is 3. The molecule has 0 N–H and O–H groups in total. The van der Waals surface area contributed by atoms with Crippen molar-refractivity contribution in [3.05, 3.63) is 0 Å². The first-order valence-corrected chi connectivity index (χ1v) is 4.54. The molecule has 0 aromatic rings. The molecule has 0 bridgehead atoms. The van der Waals surface area contributed by atoms with Gasteiger partial charge in [-0.15, -0.1) is 0 Å². The Morgan fingerprint density at radius 2 is 2.11 bits per heavy atom. The first-order chi connectivity index (χ1) is 3.98. The minimum absolute atomic E-state index is 0.0490. The van der Waals surface area contributed by atoms with Crippen LogP contribution in [0, 0.1) is 0 Å². The Balaban J connectivity index is 3.58. The lowest BCUT2D eigenvalue weighted by atomic mass is 10.0. The predicted molar refractivity (Wildman–Crippen MR) is 48.2 cm³/mol. The molecule has 1 atom stereocenters. The fraction of sp³-hybridized carbons (Fsp3) is 1.00. The summed E-state index contributed by atoms with van der Waals surface area (Å²) in [7, 11) is 0.819. The Morgan fingerprint density at radius 1 is 1.67 bits per heavy atom. The second-order valence-corrected chi connectivity index (χ2v) is 4.31. The summed E-state index contributed by atoms with van der Waals surface area (Å²) in [5.74, 6) is 0. The van der Waals surface area contributed by atoms with Gasteiger partial charge in [-0.2, -0.15) is 12.6 Å². The maximum atomic E-state index is 5.34. The van der Waals surface area contributed by atoms with Gasteiger partial charge < -0.3 is 4.43 Å². The van der Waals surface area contributed by atoms with Crippen LogP contribution in [-0.4, -0.2) is 21.3 Å². The molecule has 0 heterocycles. The van der Waals surface area contributed by atoms with E-state index in [0.29, 0.717) is 5.25 Å². The van der Waals surface area contributed by atoms with Crippen molar-refractivity contribution >= 4 is 23.1 Å². The molecule has 0 rings (SSSR count). The SMILES string of the molecule is CC(S)CC(C)(C)O[SiH3]. The van der Waals surface area contributed by atoms with Gasteiger partial charge in [0.15, 0.2) is 0 Å². The van der Waals surface area contributed by atoms with Gasteiger partial charge in [0.1, 0.15) is 10.5 Å². The van der Waals surface area contributed by atoms with Gasteiger partial charge >= 0.3 is 0 Å². The summed E-state index contributed by atoms with van der Waals surface area (Å²) in [5.41, 5.74) is 0.0490. The lowest BCUT2D eigenvalue weighted by Gasteiger charge is -2.25. The third-order valence-corrected chi connectivity index (χ3v) is 2.63. The van der Waals surface area contributed by atoms with Crippen LogP contribution in [0.2, 0.25) is 0 Å². The van der Waals surface area contributed by atoms with Crippen LogP contribution < -0.4 is 0 Å². The Labute approximate surface area is 66.1 Å². The minimum Gasteiger partial charge on any atom is -0.423 e. The molecule has 0 saturated heterocycles. The highest BCUT2D eigenvalue weighted by atomic mass is 32.1. The molecule has 1 unspecified atom stereocenters. The summed E-state index contributed by atoms with van der Waals surface area (Å²) in [6.45, 7) is 6.30. The van der Waals surface area contributed by atoms with Gasteiger partial charge in [-0.1, -0.05) is 6.92 Å². The van der Waals surface area contributed by atoms with Gasteiger partial charge in [0.05, 0.1) is 5.60 Å². The average molecular weight is 164 g/mol. The first kappa shape index (κ1) is 9.53. The zero-order valence-corrected chi connectivity index (χ0v) is 9.53. The van der Waals surface area contributed by atoms with E-state index in [0.717, 1.165) is 16.9 Å². The largest absolute Gasteiger partial charge is 0.423 e. The van der Waals surface area contributed by atoms with Gasteiger partial charge in [0.2, 0.25) is 0 Å². The number of hydrogen-bond donors (Lipinski definition) is 1. The zero-order chi connectivity index (χ0) is 7.49. The fourth-order valence-electron chi connectivity index (χ4n) is 0.795. The summed E-state index contributed by atoms with van der Waals surface area (Å²) in [5, 5.41) is 0.439. The van der Waals surface area contributed by atoms with E-state index in [1.165, 1.54) is 0 Å². The second-order valence-electron chi connectivity index (χ2n) is 3.02. The molecule has 0 aliphatic rings. The van der Waals surface area contributed by atoms with Crippen molar-refractivity contribution in [2.24, 2.45) is 0 Å². The van der Waals surface area contributed by atoms with E-state index in [2.05, 4.69) is 33.4 Å². The standard InChI is InChI=1S/C6H16OSSi/c1-5(8)4-6(2,3)7-9/h5,8H,4H2,1-3,9H3. The van der Waals surface area contributed by atoms with Crippen LogP contribution in [0.3, 0.4) is 0 Å². The van der Waals surface area contributed by atoms with E-state index in [1.54, 1.807) is 0 Å². The molecule has 9 heavy (non-hydrogen) atoms. The maximum Gasteiger partial charge on any atom is 0.146 e. The van der Waals surface area contributed by atoms with Crippen LogP contribution >= 0.6 is 12.6 Å². The van der Waals surface area contributed by atoms with E-state index in [4.69, 9.17) is 4.43 Å². The number of hydrogen-bond acceptors (Lipinski definition) is 2. The van der Waals surface area contributed by atoms with Crippen LogP contribution in [0.5, 0.6) is 0 Å². The molecular formula is C6H16OSSi. The second kappa shape index (κ2) is 3.64. The molecular weight excluding hydrogens is 148 g/mol. The Hall–Kier alpha value is 0.527. The van der Waals surface area contributed by atoms with Crippen LogP contribution in [0.25, 0.3) is 0 Å². The molecule has 0 saturated carbocycles. The molecule has 1 nitrogen and oxygen atoms in total. The third kappa shape index (κ3) is 5.00. The monoisotopic (exact) mass is 164 g/mol. The van der Waals surface area contributed by atoms with Crippen molar-refractivity contribution < 1.29 is 4.43 Å².